The van der Waals surface area contributed by atoms with E-state index in [-0.39, 0.29) is 5.91 Å². The summed E-state index contributed by atoms with van der Waals surface area (Å²) in [5.41, 5.74) is 1.09. The monoisotopic (exact) mass is 260 g/mol. The van der Waals surface area contributed by atoms with Crippen LogP contribution in [0.15, 0.2) is 24.5 Å². The molecule has 0 atom stereocenters. The minimum Gasteiger partial charge on any atom is -0.478 e. The number of carbonyl (C=O) groups is 2. The van der Waals surface area contributed by atoms with Gasteiger partial charge in [0, 0.05) is 32.1 Å². The molecule has 1 fully saturated rings. The van der Waals surface area contributed by atoms with E-state index in [0.717, 1.165) is 12.6 Å². The van der Waals surface area contributed by atoms with Crippen LogP contribution in [0, 0.1) is 5.92 Å². The van der Waals surface area contributed by atoms with Crippen LogP contribution in [0.3, 0.4) is 0 Å². The number of pyridine rings is 1. The summed E-state index contributed by atoms with van der Waals surface area (Å²) in [6.45, 7) is 0.772. The summed E-state index contributed by atoms with van der Waals surface area (Å²) in [4.78, 5) is 28.3. The van der Waals surface area contributed by atoms with Gasteiger partial charge in [0.25, 0.3) is 5.91 Å². The van der Waals surface area contributed by atoms with Gasteiger partial charge in [0.05, 0.1) is 5.56 Å². The van der Waals surface area contributed by atoms with Crippen molar-refractivity contribution in [1.82, 2.24) is 9.88 Å². The number of aliphatic carboxylic acids is 1. The Hall–Kier alpha value is -2.17. The molecule has 1 amide bonds. The van der Waals surface area contributed by atoms with Crippen molar-refractivity contribution in [2.45, 2.75) is 12.8 Å². The first kappa shape index (κ1) is 13.3. The van der Waals surface area contributed by atoms with Crippen LogP contribution in [0.4, 0.5) is 0 Å². The number of carboxylic acid groups (broad SMARTS) is 1. The van der Waals surface area contributed by atoms with E-state index in [0.29, 0.717) is 17.0 Å². The Morgan fingerprint density at radius 3 is 2.84 bits per heavy atom. The van der Waals surface area contributed by atoms with Crippen LogP contribution in [0.25, 0.3) is 6.08 Å². The predicted octanol–water partition coefficient (Wildman–Crippen LogP) is 1.66. The molecule has 1 heterocycles. The lowest BCUT2D eigenvalue weighted by Crippen LogP contribution is -2.28. The molecule has 0 aromatic carbocycles. The third-order valence-corrected chi connectivity index (χ3v) is 3.00. The first-order valence-corrected chi connectivity index (χ1v) is 6.18. The SMILES string of the molecule is CN(CC1CC1)C(=O)c1cncc(C=CC(=O)O)c1. The van der Waals surface area contributed by atoms with E-state index in [1.54, 1.807) is 18.0 Å². The Bertz CT molecular complexity index is 521. The summed E-state index contributed by atoms with van der Waals surface area (Å²) in [7, 11) is 1.78. The third kappa shape index (κ3) is 3.91. The smallest absolute Gasteiger partial charge is 0.328 e. The largest absolute Gasteiger partial charge is 0.478 e. The van der Waals surface area contributed by atoms with E-state index in [1.165, 1.54) is 31.3 Å². The van der Waals surface area contributed by atoms with E-state index < -0.39 is 5.97 Å². The van der Waals surface area contributed by atoms with Crippen LogP contribution in [-0.4, -0.2) is 40.5 Å². The van der Waals surface area contributed by atoms with E-state index in [4.69, 9.17) is 5.11 Å². The zero-order chi connectivity index (χ0) is 13.8. The summed E-state index contributed by atoms with van der Waals surface area (Å²) >= 11 is 0. The van der Waals surface area contributed by atoms with E-state index in [1.807, 2.05) is 0 Å². The van der Waals surface area contributed by atoms with Crippen molar-refractivity contribution in [3.8, 4) is 0 Å². The molecule has 0 aliphatic heterocycles. The number of amides is 1. The van der Waals surface area contributed by atoms with Crippen LogP contribution in [0.1, 0.15) is 28.8 Å². The molecule has 0 saturated heterocycles. The molecule has 0 bridgehead atoms. The number of aromatic nitrogens is 1. The molecule has 2 rings (SSSR count). The van der Waals surface area contributed by atoms with Gasteiger partial charge < -0.3 is 10.0 Å². The number of hydrogen-bond acceptors (Lipinski definition) is 3. The molecule has 1 aromatic rings. The van der Waals surface area contributed by atoms with Crippen molar-refractivity contribution in [2.24, 2.45) is 5.92 Å². The summed E-state index contributed by atoms with van der Waals surface area (Å²) in [6, 6.07) is 1.65. The molecule has 0 unspecified atom stereocenters. The molecule has 1 aliphatic rings. The molecular weight excluding hydrogens is 244 g/mol. The highest BCUT2D eigenvalue weighted by molar-refractivity contribution is 5.94. The maximum atomic E-state index is 12.1. The lowest BCUT2D eigenvalue weighted by molar-refractivity contribution is -0.131. The number of rotatable bonds is 5. The summed E-state index contributed by atoms with van der Waals surface area (Å²) < 4.78 is 0. The Kier molecular flexibility index (Phi) is 3.94. The van der Waals surface area contributed by atoms with Crippen LogP contribution >= 0.6 is 0 Å². The standard InChI is InChI=1S/C14H16N2O3/c1-16(9-10-2-3-10)14(19)12-6-11(7-15-8-12)4-5-13(17)18/h4-8,10H,2-3,9H2,1H3,(H,17,18). The zero-order valence-electron chi connectivity index (χ0n) is 10.7. The minimum absolute atomic E-state index is 0.0787. The molecular formula is C14H16N2O3. The van der Waals surface area contributed by atoms with Gasteiger partial charge in [-0.3, -0.25) is 9.78 Å². The van der Waals surface area contributed by atoms with Gasteiger partial charge in [-0.1, -0.05) is 0 Å². The van der Waals surface area contributed by atoms with Gasteiger partial charge in [0.1, 0.15) is 0 Å². The fourth-order valence-corrected chi connectivity index (χ4v) is 1.82. The van der Waals surface area contributed by atoms with Crippen LogP contribution in [0.5, 0.6) is 0 Å². The number of carbonyl (C=O) groups excluding carboxylic acids is 1. The van der Waals surface area contributed by atoms with Crippen molar-refractivity contribution in [3.63, 3.8) is 0 Å². The average Bonchev–Trinajstić information content (AvgIpc) is 3.19. The number of hydrogen-bond donors (Lipinski definition) is 1. The van der Waals surface area contributed by atoms with Crippen LogP contribution < -0.4 is 0 Å². The summed E-state index contributed by atoms with van der Waals surface area (Å²) in [5.74, 6) is -0.468. The average molecular weight is 260 g/mol. The molecule has 100 valence electrons. The molecule has 1 aromatic heterocycles. The Labute approximate surface area is 111 Å². The highest BCUT2D eigenvalue weighted by atomic mass is 16.4. The zero-order valence-corrected chi connectivity index (χ0v) is 10.7. The second-order valence-corrected chi connectivity index (χ2v) is 4.81. The highest BCUT2D eigenvalue weighted by Gasteiger charge is 2.25. The van der Waals surface area contributed by atoms with Crippen LogP contribution in [0.2, 0.25) is 0 Å². The van der Waals surface area contributed by atoms with Crippen molar-refractivity contribution in [3.05, 3.63) is 35.7 Å². The van der Waals surface area contributed by atoms with Gasteiger partial charge in [-0.25, -0.2) is 4.79 Å². The molecule has 5 nitrogen and oxygen atoms in total. The Morgan fingerprint density at radius 2 is 2.21 bits per heavy atom. The van der Waals surface area contributed by atoms with Crippen LogP contribution in [-0.2, 0) is 4.79 Å². The highest BCUT2D eigenvalue weighted by Crippen LogP contribution is 2.29. The van der Waals surface area contributed by atoms with Crippen molar-refractivity contribution < 1.29 is 14.7 Å². The Morgan fingerprint density at radius 1 is 1.47 bits per heavy atom. The van der Waals surface area contributed by atoms with Gasteiger partial charge >= 0.3 is 5.97 Å². The summed E-state index contributed by atoms with van der Waals surface area (Å²) in [6.07, 6.45) is 7.86. The lowest BCUT2D eigenvalue weighted by atomic mass is 10.1. The number of nitrogens with zero attached hydrogens (tertiary/aromatic N) is 2. The second-order valence-electron chi connectivity index (χ2n) is 4.81. The topological polar surface area (TPSA) is 70.5 Å². The van der Waals surface area contributed by atoms with Gasteiger partial charge in [0.15, 0.2) is 0 Å². The van der Waals surface area contributed by atoms with Crippen molar-refractivity contribution in [2.75, 3.05) is 13.6 Å². The molecule has 0 spiro atoms. The first-order valence-electron chi connectivity index (χ1n) is 6.18. The minimum atomic E-state index is -1.03. The molecule has 1 aliphatic carbocycles. The van der Waals surface area contributed by atoms with E-state index in [9.17, 15) is 9.59 Å². The molecule has 1 N–H and O–H groups in total. The second kappa shape index (κ2) is 5.65. The van der Waals surface area contributed by atoms with Gasteiger partial charge in [-0.15, -0.1) is 0 Å². The molecule has 5 heteroatoms. The first-order chi connectivity index (χ1) is 9.06. The molecule has 1 saturated carbocycles. The quantitative estimate of drug-likeness (QED) is 0.817. The van der Waals surface area contributed by atoms with Crippen molar-refractivity contribution >= 4 is 18.0 Å². The van der Waals surface area contributed by atoms with Crippen molar-refractivity contribution in [1.29, 1.82) is 0 Å². The summed E-state index contributed by atoms with van der Waals surface area (Å²) in [5, 5.41) is 8.57. The van der Waals surface area contributed by atoms with Gasteiger partial charge in [0.2, 0.25) is 0 Å². The fraction of sp³-hybridized carbons (Fsp3) is 0.357. The maximum Gasteiger partial charge on any atom is 0.328 e. The van der Waals surface area contributed by atoms with E-state index in [2.05, 4.69) is 4.98 Å². The van der Waals surface area contributed by atoms with Gasteiger partial charge in [-0.2, -0.15) is 0 Å². The molecule has 19 heavy (non-hydrogen) atoms. The molecule has 0 radical (unpaired) electrons. The number of carboxylic acids is 1. The maximum absolute atomic E-state index is 12.1. The predicted molar refractivity (Wildman–Crippen MR) is 70.6 cm³/mol. The fourth-order valence-electron chi connectivity index (χ4n) is 1.82. The van der Waals surface area contributed by atoms with E-state index >= 15 is 0 Å². The van der Waals surface area contributed by atoms with Gasteiger partial charge in [-0.05, 0) is 36.5 Å². The Balaban J connectivity index is 2.08. The third-order valence-electron chi connectivity index (χ3n) is 3.00. The normalized spacial score (nSPS) is 14.6. The lowest BCUT2D eigenvalue weighted by Gasteiger charge is -2.16.